The highest BCUT2D eigenvalue weighted by Crippen LogP contribution is 2.41. The minimum atomic E-state index is -4.63. The van der Waals surface area contributed by atoms with Crippen molar-refractivity contribution in [3.05, 3.63) is 58.6 Å². The third-order valence-electron chi connectivity index (χ3n) is 6.83. The molecule has 3 aromatic rings. The Morgan fingerprint density at radius 3 is 2.73 bits per heavy atom. The quantitative estimate of drug-likeness (QED) is 0.521. The van der Waals surface area contributed by atoms with Gasteiger partial charge in [0.05, 0.1) is 47.2 Å². The van der Waals surface area contributed by atoms with Crippen LogP contribution in [0, 0.1) is 0 Å². The number of nitrogens with two attached hydrogens (primary N) is 1. The van der Waals surface area contributed by atoms with Crippen molar-refractivity contribution in [1.82, 2.24) is 30.0 Å². The fraction of sp³-hybridized carbons (Fsp3) is 0.417. The van der Waals surface area contributed by atoms with Crippen LogP contribution in [0.2, 0.25) is 5.02 Å². The summed E-state index contributed by atoms with van der Waals surface area (Å²) in [4.78, 5) is 22.6. The van der Waals surface area contributed by atoms with Crippen molar-refractivity contribution in [2.24, 2.45) is 0 Å². The first-order chi connectivity index (χ1) is 17.4. The van der Waals surface area contributed by atoms with Gasteiger partial charge in [-0.15, -0.1) is 0 Å². The Labute approximate surface area is 215 Å². The van der Waals surface area contributed by atoms with Gasteiger partial charge in [-0.25, -0.2) is 9.78 Å². The fourth-order valence-corrected chi connectivity index (χ4v) is 5.27. The van der Waals surface area contributed by atoms with Gasteiger partial charge in [0.15, 0.2) is 0 Å². The molecule has 1 spiro atoms. The molecule has 0 bridgehead atoms. The number of nitrogens with one attached hydrogen (secondary N) is 1. The third-order valence-corrected chi connectivity index (χ3v) is 7.13. The summed E-state index contributed by atoms with van der Waals surface area (Å²) in [6.07, 6.45) is 0.286. The van der Waals surface area contributed by atoms with Crippen LogP contribution in [0.3, 0.4) is 0 Å². The second-order valence-electron chi connectivity index (χ2n) is 9.72. The van der Waals surface area contributed by atoms with Gasteiger partial charge < -0.3 is 20.7 Å². The number of likely N-dealkylation sites (tertiary alicyclic amines) is 1. The highest BCUT2D eigenvalue weighted by atomic mass is 35.5. The van der Waals surface area contributed by atoms with Crippen molar-refractivity contribution < 1.29 is 22.7 Å². The molecular weight excluding hydrogens is 511 g/mol. The molecule has 0 aromatic carbocycles. The summed E-state index contributed by atoms with van der Waals surface area (Å²) in [7, 11) is 0. The Kier molecular flexibility index (Phi) is 6.06. The van der Waals surface area contributed by atoms with Gasteiger partial charge in [0.25, 0.3) is 0 Å². The number of rotatable bonds is 3. The van der Waals surface area contributed by atoms with Crippen LogP contribution < -0.4 is 11.1 Å². The molecule has 3 aromatic heterocycles. The van der Waals surface area contributed by atoms with E-state index in [1.165, 1.54) is 12.4 Å². The average molecular weight is 536 g/mol. The van der Waals surface area contributed by atoms with Crippen LogP contribution in [0.5, 0.6) is 0 Å². The highest BCUT2D eigenvalue weighted by Gasteiger charge is 2.47. The van der Waals surface area contributed by atoms with Gasteiger partial charge in [0.2, 0.25) is 0 Å². The number of pyridine rings is 2. The van der Waals surface area contributed by atoms with Crippen molar-refractivity contribution in [3.8, 4) is 11.3 Å². The molecule has 13 heteroatoms. The SMILES string of the molecule is CC(C)(NC(=O)N1CC[C@]2(C1)OCCn1nc(-c3cnc(N)c(C(F)(F)F)c3)cc12)c1ccncc1Cl. The predicted molar refractivity (Wildman–Crippen MR) is 129 cm³/mol. The number of urea groups is 1. The van der Waals surface area contributed by atoms with Gasteiger partial charge in [-0.2, -0.15) is 18.3 Å². The van der Waals surface area contributed by atoms with Crippen LogP contribution in [0.1, 0.15) is 37.1 Å². The first-order valence-electron chi connectivity index (χ1n) is 11.6. The van der Waals surface area contributed by atoms with Gasteiger partial charge in [0, 0.05) is 37.1 Å². The second kappa shape index (κ2) is 8.88. The minimum Gasteiger partial charge on any atom is -0.383 e. The molecule has 1 saturated heterocycles. The zero-order chi connectivity index (χ0) is 26.6. The molecule has 1 fully saturated rings. The molecule has 0 radical (unpaired) electrons. The third kappa shape index (κ3) is 4.59. The van der Waals surface area contributed by atoms with E-state index in [-0.39, 0.29) is 18.1 Å². The van der Waals surface area contributed by atoms with E-state index in [9.17, 15) is 18.0 Å². The number of fused-ring (bicyclic) bond motifs is 2. The van der Waals surface area contributed by atoms with E-state index in [0.717, 1.165) is 11.6 Å². The van der Waals surface area contributed by atoms with E-state index in [1.807, 2.05) is 13.8 Å². The Morgan fingerprint density at radius 1 is 1.22 bits per heavy atom. The monoisotopic (exact) mass is 535 g/mol. The van der Waals surface area contributed by atoms with Gasteiger partial charge in [-0.1, -0.05) is 11.6 Å². The number of hydrogen-bond acceptors (Lipinski definition) is 6. The molecule has 0 aliphatic carbocycles. The molecule has 2 aliphatic rings. The number of aromatic nitrogens is 4. The van der Waals surface area contributed by atoms with Gasteiger partial charge in [-0.05, 0) is 37.6 Å². The van der Waals surface area contributed by atoms with E-state index in [0.29, 0.717) is 42.5 Å². The molecule has 2 amide bonds. The van der Waals surface area contributed by atoms with E-state index in [1.54, 1.807) is 27.9 Å². The lowest BCUT2D eigenvalue weighted by molar-refractivity contribution is -0.137. The molecular formula is C24H25ClF3N7O2. The predicted octanol–water partition coefficient (Wildman–Crippen LogP) is 4.17. The molecule has 0 unspecified atom stereocenters. The van der Waals surface area contributed by atoms with Crippen molar-refractivity contribution in [1.29, 1.82) is 0 Å². The number of amides is 2. The number of carbonyl (C=O) groups excluding carboxylic acids is 1. The first kappa shape index (κ1) is 25.3. The Morgan fingerprint density at radius 2 is 2.00 bits per heavy atom. The summed E-state index contributed by atoms with van der Waals surface area (Å²) in [6.45, 7) is 5.19. The molecule has 1 atom stereocenters. The van der Waals surface area contributed by atoms with Crippen LogP contribution in [0.25, 0.3) is 11.3 Å². The number of ether oxygens (including phenoxy) is 1. The summed E-state index contributed by atoms with van der Waals surface area (Å²) >= 11 is 6.29. The minimum absolute atomic E-state index is 0.196. The maximum Gasteiger partial charge on any atom is 0.419 e. The van der Waals surface area contributed by atoms with Crippen LogP contribution in [-0.2, 0) is 28.6 Å². The number of anilines is 1. The highest BCUT2D eigenvalue weighted by molar-refractivity contribution is 6.31. The lowest BCUT2D eigenvalue weighted by atomic mass is 9.95. The zero-order valence-corrected chi connectivity index (χ0v) is 20.9. The van der Waals surface area contributed by atoms with Crippen LogP contribution in [-0.4, -0.2) is 50.4 Å². The summed E-state index contributed by atoms with van der Waals surface area (Å²) in [6, 6.07) is 4.13. The maximum atomic E-state index is 13.4. The number of nitrogen functional groups attached to an aromatic ring is 1. The Hall–Kier alpha value is -3.38. The lowest BCUT2D eigenvalue weighted by Gasteiger charge is -2.35. The van der Waals surface area contributed by atoms with Crippen LogP contribution in [0.15, 0.2) is 36.8 Å². The largest absolute Gasteiger partial charge is 0.419 e. The number of alkyl halides is 3. The number of hydrogen-bond donors (Lipinski definition) is 2. The van der Waals surface area contributed by atoms with Gasteiger partial charge >= 0.3 is 12.2 Å². The molecule has 9 nitrogen and oxygen atoms in total. The summed E-state index contributed by atoms with van der Waals surface area (Å²) in [5, 5.41) is 8.00. The molecule has 196 valence electrons. The fourth-order valence-electron chi connectivity index (χ4n) is 4.92. The van der Waals surface area contributed by atoms with Gasteiger partial charge in [-0.3, -0.25) is 9.67 Å². The molecule has 5 heterocycles. The molecule has 37 heavy (non-hydrogen) atoms. The van der Waals surface area contributed by atoms with Gasteiger partial charge in [0.1, 0.15) is 11.4 Å². The zero-order valence-electron chi connectivity index (χ0n) is 20.1. The van der Waals surface area contributed by atoms with Crippen molar-refractivity contribution >= 4 is 23.4 Å². The lowest BCUT2D eigenvalue weighted by Crippen LogP contribution is -2.49. The normalized spacial score (nSPS) is 19.8. The van der Waals surface area contributed by atoms with Crippen LogP contribution in [0.4, 0.5) is 23.8 Å². The van der Waals surface area contributed by atoms with Crippen molar-refractivity contribution in [3.63, 3.8) is 0 Å². The van der Waals surface area contributed by atoms with E-state index < -0.39 is 28.7 Å². The molecule has 5 rings (SSSR count). The standard InChI is InChI=1S/C24H25ClF3N7O2/c1-22(2,15-3-5-30-12-17(15)25)32-21(36)34-6-4-23(13-34)19-10-18(33-35(19)7-8-37-23)14-9-16(24(26,27)28)20(29)31-11-14/h3,5,9-12H,4,6-8,13H2,1-2H3,(H2,29,31)(H,32,36)/t23-/m1/s1. The van der Waals surface area contributed by atoms with Crippen molar-refractivity contribution in [2.45, 2.75) is 44.1 Å². The Balaban J connectivity index is 1.39. The number of nitrogens with zero attached hydrogens (tertiary/aromatic N) is 5. The summed E-state index contributed by atoms with van der Waals surface area (Å²) in [5.41, 5.74) is 4.81. The smallest absolute Gasteiger partial charge is 0.383 e. The first-order valence-corrected chi connectivity index (χ1v) is 12.0. The van der Waals surface area contributed by atoms with E-state index in [2.05, 4.69) is 20.4 Å². The van der Waals surface area contributed by atoms with Crippen LogP contribution >= 0.6 is 11.6 Å². The molecule has 0 saturated carbocycles. The Bertz CT molecular complexity index is 1360. The van der Waals surface area contributed by atoms with Crippen molar-refractivity contribution in [2.75, 3.05) is 25.4 Å². The number of halogens is 4. The average Bonchev–Trinajstić information content (AvgIpc) is 3.45. The van der Waals surface area contributed by atoms with E-state index in [4.69, 9.17) is 22.1 Å². The molecule has 3 N–H and O–H groups in total. The molecule has 2 aliphatic heterocycles. The summed E-state index contributed by atoms with van der Waals surface area (Å²) in [5.74, 6) is -0.589. The maximum absolute atomic E-state index is 13.4. The van der Waals surface area contributed by atoms with E-state index >= 15 is 0 Å². The topological polar surface area (TPSA) is 111 Å². The second-order valence-corrected chi connectivity index (χ2v) is 10.1. The summed E-state index contributed by atoms with van der Waals surface area (Å²) < 4.78 is 48.0. The number of carbonyl (C=O) groups is 1.